The smallest absolute Gasteiger partial charge is 0.234 e. The largest absolute Gasteiger partial charge is 0.325 e. The molecule has 0 bridgehead atoms. The second kappa shape index (κ2) is 8.49. The number of hydrogen-bond donors (Lipinski definition) is 1. The Balaban J connectivity index is 1.66. The fourth-order valence-corrected chi connectivity index (χ4v) is 4.08. The molecule has 6 nitrogen and oxygen atoms in total. The average molecular weight is 401 g/mol. The molecule has 0 saturated carbocycles. The van der Waals surface area contributed by atoms with Gasteiger partial charge in [-0.1, -0.05) is 23.9 Å². The Morgan fingerprint density at radius 2 is 2.07 bits per heavy atom. The second-order valence-corrected chi connectivity index (χ2v) is 8.03. The van der Waals surface area contributed by atoms with Crippen LogP contribution in [0.2, 0.25) is 0 Å². The number of thiophene rings is 1. The summed E-state index contributed by atoms with van der Waals surface area (Å²) in [5.41, 5.74) is 2.23. The first-order chi connectivity index (χ1) is 13.0. The zero-order chi connectivity index (χ0) is 19.4. The average Bonchev–Trinajstić information content (AvgIpc) is 3.25. The first-order valence-electron chi connectivity index (χ1n) is 8.50. The lowest BCUT2D eigenvalue weighted by molar-refractivity contribution is -0.113. The fraction of sp³-hybridized carbons (Fsp3) is 0.263. The van der Waals surface area contributed by atoms with Crippen LogP contribution in [0.1, 0.15) is 29.1 Å². The summed E-state index contributed by atoms with van der Waals surface area (Å²) in [5.74, 6) is 0.844. The summed E-state index contributed by atoms with van der Waals surface area (Å²) >= 11 is 3.02. The van der Waals surface area contributed by atoms with E-state index < -0.39 is 0 Å². The lowest BCUT2D eigenvalue weighted by atomic mass is 10.1. The van der Waals surface area contributed by atoms with Crippen LogP contribution in [0.25, 0.3) is 11.4 Å². The highest BCUT2D eigenvalue weighted by Gasteiger charge is 2.15. The van der Waals surface area contributed by atoms with Crippen molar-refractivity contribution >= 4 is 40.5 Å². The molecule has 27 heavy (non-hydrogen) atoms. The van der Waals surface area contributed by atoms with Crippen molar-refractivity contribution in [3.05, 3.63) is 46.2 Å². The molecule has 0 saturated heterocycles. The summed E-state index contributed by atoms with van der Waals surface area (Å²) in [6.45, 7) is 6.31. The van der Waals surface area contributed by atoms with E-state index in [0.29, 0.717) is 16.4 Å². The molecule has 0 atom stereocenters. The van der Waals surface area contributed by atoms with Gasteiger partial charge in [0.05, 0.1) is 5.75 Å². The Labute approximate surface area is 166 Å². The third kappa shape index (κ3) is 4.64. The highest BCUT2D eigenvalue weighted by Crippen LogP contribution is 2.27. The molecule has 0 aliphatic heterocycles. The van der Waals surface area contributed by atoms with Gasteiger partial charge in [0.25, 0.3) is 0 Å². The number of amides is 1. The Morgan fingerprint density at radius 1 is 1.26 bits per heavy atom. The lowest BCUT2D eigenvalue weighted by Gasteiger charge is -2.08. The summed E-state index contributed by atoms with van der Waals surface area (Å²) in [6, 6.07) is 9.01. The first-order valence-corrected chi connectivity index (χ1v) is 10.4. The Hall–Kier alpha value is -2.45. The number of benzene rings is 1. The summed E-state index contributed by atoms with van der Waals surface area (Å²) in [4.78, 5) is 24.9. The number of rotatable bonds is 7. The SMILES string of the molecule is CCn1c(SCC(=O)Nc2cccc(C(C)=O)c2)nnc1-c1csc(C)c1. The molecule has 0 unspecified atom stereocenters. The molecule has 3 rings (SSSR count). The Kier molecular flexibility index (Phi) is 6.08. The number of carbonyl (C=O) groups excluding carboxylic acids is 2. The van der Waals surface area contributed by atoms with Gasteiger partial charge in [0.2, 0.25) is 5.91 Å². The summed E-state index contributed by atoms with van der Waals surface area (Å²) in [7, 11) is 0. The van der Waals surface area contributed by atoms with Crippen molar-refractivity contribution in [2.45, 2.75) is 32.5 Å². The zero-order valence-electron chi connectivity index (χ0n) is 15.4. The van der Waals surface area contributed by atoms with E-state index in [4.69, 9.17) is 0 Å². The van der Waals surface area contributed by atoms with E-state index in [1.165, 1.54) is 23.6 Å². The van der Waals surface area contributed by atoms with Crippen LogP contribution in [0.15, 0.2) is 40.9 Å². The first kappa shape index (κ1) is 19.3. The molecular weight excluding hydrogens is 380 g/mol. The van der Waals surface area contributed by atoms with Gasteiger partial charge in [-0.2, -0.15) is 0 Å². The number of thioether (sulfide) groups is 1. The van der Waals surface area contributed by atoms with Gasteiger partial charge in [0, 0.05) is 33.6 Å². The van der Waals surface area contributed by atoms with Crippen LogP contribution >= 0.6 is 23.1 Å². The minimum Gasteiger partial charge on any atom is -0.325 e. The number of ketones is 1. The van der Waals surface area contributed by atoms with E-state index in [1.807, 2.05) is 11.5 Å². The molecule has 140 valence electrons. The molecule has 0 radical (unpaired) electrons. The van der Waals surface area contributed by atoms with Crippen LogP contribution in [0.5, 0.6) is 0 Å². The minimum absolute atomic E-state index is 0.0345. The maximum Gasteiger partial charge on any atom is 0.234 e. The molecule has 3 aromatic rings. The van der Waals surface area contributed by atoms with Gasteiger partial charge in [-0.05, 0) is 39.0 Å². The number of aryl methyl sites for hydroxylation is 1. The molecular formula is C19H20N4O2S2. The van der Waals surface area contributed by atoms with Crippen molar-refractivity contribution < 1.29 is 9.59 Å². The molecule has 1 N–H and O–H groups in total. The van der Waals surface area contributed by atoms with Crippen molar-refractivity contribution in [3.8, 4) is 11.4 Å². The van der Waals surface area contributed by atoms with E-state index >= 15 is 0 Å². The quantitative estimate of drug-likeness (QED) is 0.473. The summed E-state index contributed by atoms with van der Waals surface area (Å²) < 4.78 is 2.01. The third-order valence-electron chi connectivity index (χ3n) is 3.91. The standard InChI is InChI=1S/C19H20N4O2S2/c1-4-23-18(15-8-12(2)26-10-15)21-22-19(23)27-11-17(25)20-16-7-5-6-14(9-16)13(3)24/h5-10H,4,11H2,1-3H3,(H,20,25). The molecule has 0 spiro atoms. The van der Waals surface area contributed by atoms with E-state index in [2.05, 4.69) is 33.9 Å². The molecule has 2 heterocycles. The number of hydrogen-bond acceptors (Lipinski definition) is 6. The lowest BCUT2D eigenvalue weighted by Crippen LogP contribution is -2.15. The van der Waals surface area contributed by atoms with Crippen LogP contribution in [0.3, 0.4) is 0 Å². The van der Waals surface area contributed by atoms with Crippen molar-refractivity contribution in [3.63, 3.8) is 0 Å². The van der Waals surface area contributed by atoms with E-state index in [1.54, 1.807) is 35.6 Å². The van der Waals surface area contributed by atoms with Gasteiger partial charge >= 0.3 is 0 Å². The topological polar surface area (TPSA) is 76.9 Å². The van der Waals surface area contributed by atoms with Gasteiger partial charge in [0.15, 0.2) is 16.8 Å². The number of anilines is 1. The number of nitrogens with zero attached hydrogens (tertiary/aromatic N) is 3. The number of nitrogens with one attached hydrogen (secondary N) is 1. The van der Waals surface area contributed by atoms with Crippen LogP contribution in [-0.2, 0) is 11.3 Å². The third-order valence-corrected chi connectivity index (χ3v) is 5.74. The van der Waals surface area contributed by atoms with Crippen molar-refractivity contribution in [1.82, 2.24) is 14.8 Å². The maximum atomic E-state index is 12.3. The molecule has 1 amide bonds. The van der Waals surface area contributed by atoms with Gasteiger partial charge < -0.3 is 9.88 Å². The molecule has 0 aliphatic carbocycles. The van der Waals surface area contributed by atoms with Crippen molar-refractivity contribution in [2.24, 2.45) is 0 Å². The van der Waals surface area contributed by atoms with Crippen molar-refractivity contribution in [1.29, 1.82) is 0 Å². The Morgan fingerprint density at radius 3 is 2.74 bits per heavy atom. The minimum atomic E-state index is -0.153. The fourth-order valence-electron chi connectivity index (χ4n) is 2.60. The molecule has 2 aromatic heterocycles. The van der Waals surface area contributed by atoms with Crippen molar-refractivity contribution in [2.75, 3.05) is 11.1 Å². The van der Waals surface area contributed by atoms with Crippen LogP contribution in [0, 0.1) is 6.92 Å². The molecule has 8 heteroatoms. The second-order valence-electron chi connectivity index (χ2n) is 5.97. The summed E-state index contributed by atoms with van der Waals surface area (Å²) in [6.07, 6.45) is 0. The van der Waals surface area contributed by atoms with Gasteiger partial charge in [-0.15, -0.1) is 21.5 Å². The van der Waals surface area contributed by atoms with Gasteiger partial charge in [-0.3, -0.25) is 9.59 Å². The van der Waals surface area contributed by atoms with E-state index in [-0.39, 0.29) is 17.4 Å². The monoisotopic (exact) mass is 400 g/mol. The van der Waals surface area contributed by atoms with Crippen LogP contribution in [-0.4, -0.2) is 32.2 Å². The highest BCUT2D eigenvalue weighted by atomic mass is 32.2. The zero-order valence-corrected chi connectivity index (χ0v) is 17.0. The number of carbonyl (C=O) groups is 2. The van der Waals surface area contributed by atoms with Gasteiger partial charge in [-0.25, -0.2) is 0 Å². The maximum absolute atomic E-state index is 12.3. The van der Waals surface area contributed by atoms with E-state index in [9.17, 15) is 9.59 Å². The predicted octanol–water partition coefficient (Wildman–Crippen LogP) is 4.27. The Bertz CT molecular complexity index is 978. The number of Topliss-reactive ketones (excluding diaryl/α,β-unsaturated/α-hetero) is 1. The highest BCUT2D eigenvalue weighted by molar-refractivity contribution is 7.99. The molecule has 0 fully saturated rings. The van der Waals surface area contributed by atoms with Gasteiger partial charge in [0.1, 0.15) is 0 Å². The summed E-state index contributed by atoms with van der Waals surface area (Å²) in [5, 5.41) is 14.1. The normalized spacial score (nSPS) is 10.8. The van der Waals surface area contributed by atoms with E-state index in [0.717, 1.165) is 17.9 Å². The number of aromatic nitrogens is 3. The van der Waals surface area contributed by atoms with Crippen LogP contribution < -0.4 is 5.32 Å². The van der Waals surface area contributed by atoms with Crippen LogP contribution in [0.4, 0.5) is 5.69 Å². The predicted molar refractivity (Wildman–Crippen MR) is 110 cm³/mol. The molecule has 1 aromatic carbocycles. The molecule has 0 aliphatic rings.